The number of nitro benzene ring substituents is 1. The lowest BCUT2D eigenvalue weighted by Crippen LogP contribution is -1.94. The van der Waals surface area contributed by atoms with Crippen molar-refractivity contribution in [3.8, 4) is 0 Å². The van der Waals surface area contributed by atoms with E-state index < -0.39 is 4.92 Å². The third-order valence-electron chi connectivity index (χ3n) is 2.90. The number of halogens is 1. The van der Waals surface area contributed by atoms with Crippen LogP contribution in [0.4, 0.5) is 5.69 Å². The number of Topliss-reactive ketones (excluding diaryl/α,β-unsaturated/α-hetero) is 1. The molecule has 0 unspecified atom stereocenters. The summed E-state index contributed by atoms with van der Waals surface area (Å²) in [6, 6.07) is 11.8. The highest BCUT2D eigenvalue weighted by Gasteiger charge is 2.14. The van der Waals surface area contributed by atoms with Gasteiger partial charge in [-0.3, -0.25) is 14.9 Å². The van der Waals surface area contributed by atoms with Crippen LogP contribution in [-0.2, 0) is 5.75 Å². The number of benzene rings is 2. The zero-order valence-electron chi connectivity index (χ0n) is 11.2. The standard InChI is InChI=1S/C15H12ClNO3S/c1-10(18)11-3-6-14(7-4-11)21-9-12-2-5-13(16)8-15(12)17(19)20/h2-8H,9H2,1H3. The number of nitro groups is 1. The second kappa shape index (κ2) is 6.74. The fourth-order valence-corrected chi connectivity index (χ4v) is 2.84. The lowest BCUT2D eigenvalue weighted by molar-refractivity contribution is -0.385. The Morgan fingerprint density at radius 1 is 1.24 bits per heavy atom. The first kappa shape index (κ1) is 15.5. The molecule has 0 fully saturated rings. The molecule has 0 aliphatic rings. The van der Waals surface area contributed by atoms with E-state index in [1.807, 2.05) is 12.1 Å². The van der Waals surface area contributed by atoms with Crippen LogP contribution in [0.3, 0.4) is 0 Å². The highest BCUT2D eigenvalue weighted by Crippen LogP contribution is 2.30. The highest BCUT2D eigenvalue weighted by atomic mass is 35.5. The van der Waals surface area contributed by atoms with Crippen LogP contribution in [0.2, 0.25) is 5.02 Å². The molecule has 0 aliphatic carbocycles. The SMILES string of the molecule is CC(=O)c1ccc(SCc2ccc(Cl)cc2[N+](=O)[O-])cc1. The predicted octanol–water partition coefficient (Wildman–Crippen LogP) is 4.74. The molecule has 21 heavy (non-hydrogen) atoms. The van der Waals surface area contributed by atoms with Crippen molar-refractivity contribution >= 4 is 34.8 Å². The number of hydrogen-bond donors (Lipinski definition) is 0. The van der Waals surface area contributed by atoms with E-state index in [0.29, 0.717) is 21.9 Å². The molecule has 2 rings (SSSR count). The number of hydrogen-bond acceptors (Lipinski definition) is 4. The van der Waals surface area contributed by atoms with Gasteiger partial charge in [0, 0.05) is 32.9 Å². The van der Waals surface area contributed by atoms with Crippen molar-refractivity contribution in [2.24, 2.45) is 0 Å². The molecule has 0 N–H and O–H groups in total. The van der Waals surface area contributed by atoms with Crippen LogP contribution in [0.1, 0.15) is 22.8 Å². The molecule has 0 heterocycles. The predicted molar refractivity (Wildman–Crippen MR) is 84.1 cm³/mol. The summed E-state index contributed by atoms with van der Waals surface area (Å²) in [7, 11) is 0. The monoisotopic (exact) mass is 321 g/mol. The van der Waals surface area contributed by atoms with Gasteiger partial charge in [0.1, 0.15) is 0 Å². The molecular weight excluding hydrogens is 310 g/mol. The Kier molecular flexibility index (Phi) is 4.98. The normalized spacial score (nSPS) is 10.4. The Hall–Kier alpha value is -1.85. The summed E-state index contributed by atoms with van der Waals surface area (Å²) < 4.78 is 0. The lowest BCUT2D eigenvalue weighted by atomic mass is 10.2. The molecule has 0 bridgehead atoms. The van der Waals surface area contributed by atoms with Crippen molar-refractivity contribution in [1.29, 1.82) is 0 Å². The van der Waals surface area contributed by atoms with Gasteiger partial charge in [0.15, 0.2) is 5.78 Å². The molecule has 2 aromatic rings. The van der Waals surface area contributed by atoms with Gasteiger partial charge in [0.05, 0.1) is 4.92 Å². The van der Waals surface area contributed by atoms with Crippen LogP contribution in [0.25, 0.3) is 0 Å². The minimum atomic E-state index is -0.430. The molecule has 0 atom stereocenters. The van der Waals surface area contributed by atoms with Gasteiger partial charge in [-0.1, -0.05) is 23.7 Å². The second-order valence-corrected chi connectivity index (χ2v) is 5.88. The molecule has 0 amide bonds. The van der Waals surface area contributed by atoms with Gasteiger partial charge < -0.3 is 0 Å². The minimum absolute atomic E-state index is 0.0138. The summed E-state index contributed by atoms with van der Waals surface area (Å²) in [5.41, 5.74) is 1.29. The summed E-state index contributed by atoms with van der Waals surface area (Å²) in [5.74, 6) is 0.479. The summed E-state index contributed by atoms with van der Waals surface area (Å²) in [4.78, 5) is 22.7. The molecular formula is C15H12ClNO3S. The fraction of sp³-hybridized carbons (Fsp3) is 0.133. The molecule has 0 saturated carbocycles. The van der Waals surface area contributed by atoms with Crippen molar-refractivity contribution in [3.63, 3.8) is 0 Å². The molecule has 108 valence electrons. The van der Waals surface area contributed by atoms with E-state index >= 15 is 0 Å². The molecule has 0 aromatic heterocycles. The van der Waals surface area contributed by atoms with E-state index in [9.17, 15) is 14.9 Å². The minimum Gasteiger partial charge on any atom is -0.295 e. The van der Waals surface area contributed by atoms with Gasteiger partial charge in [0.2, 0.25) is 0 Å². The molecule has 6 heteroatoms. The van der Waals surface area contributed by atoms with Gasteiger partial charge in [-0.15, -0.1) is 11.8 Å². The smallest absolute Gasteiger partial charge is 0.274 e. The van der Waals surface area contributed by atoms with Crippen LogP contribution < -0.4 is 0 Å². The van der Waals surface area contributed by atoms with Crippen molar-refractivity contribution in [2.75, 3.05) is 0 Å². The number of nitrogens with zero attached hydrogens (tertiary/aromatic N) is 1. The Morgan fingerprint density at radius 3 is 2.48 bits per heavy atom. The Balaban J connectivity index is 2.13. The van der Waals surface area contributed by atoms with Gasteiger partial charge in [-0.05, 0) is 31.2 Å². The fourth-order valence-electron chi connectivity index (χ4n) is 1.78. The Labute approximate surface area is 131 Å². The van der Waals surface area contributed by atoms with E-state index in [1.165, 1.54) is 24.8 Å². The van der Waals surface area contributed by atoms with Crippen LogP contribution >= 0.6 is 23.4 Å². The molecule has 4 nitrogen and oxygen atoms in total. The van der Waals surface area contributed by atoms with E-state index in [4.69, 9.17) is 11.6 Å². The Bertz CT molecular complexity index is 686. The summed E-state index contributed by atoms with van der Waals surface area (Å²) >= 11 is 7.25. The number of carbonyl (C=O) groups is 1. The van der Waals surface area contributed by atoms with Crippen molar-refractivity contribution < 1.29 is 9.72 Å². The van der Waals surface area contributed by atoms with Crippen LogP contribution in [-0.4, -0.2) is 10.7 Å². The number of thioether (sulfide) groups is 1. The first-order chi connectivity index (χ1) is 9.97. The van der Waals surface area contributed by atoms with Gasteiger partial charge >= 0.3 is 0 Å². The quantitative estimate of drug-likeness (QED) is 0.345. The number of ketones is 1. The van der Waals surface area contributed by atoms with E-state index in [1.54, 1.807) is 24.3 Å². The molecule has 0 radical (unpaired) electrons. The molecule has 0 spiro atoms. The number of rotatable bonds is 5. The summed E-state index contributed by atoms with van der Waals surface area (Å²) in [6.07, 6.45) is 0. The molecule has 0 aliphatic heterocycles. The Morgan fingerprint density at radius 2 is 1.90 bits per heavy atom. The average molecular weight is 322 g/mol. The topological polar surface area (TPSA) is 60.2 Å². The van der Waals surface area contributed by atoms with E-state index in [-0.39, 0.29) is 11.5 Å². The van der Waals surface area contributed by atoms with Crippen LogP contribution in [0.5, 0.6) is 0 Å². The third kappa shape index (κ3) is 4.06. The maximum Gasteiger partial charge on any atom is 0.274 e. The second-order valence-electron chi connectivity index (χ2n) is 4.40. The van der Waals surface area contributed by atoms with Gasteiger partial charge in [0.25, 0.3) is 5.69 Å². The first-order valence-electron chi connectivity index (χ1n) is 6.14. The van der Waals surface area contributed by atoms with E-state index in [0.717, 1.165) is 4.90 Å². The summed E-state index contributed by atoms with van der Waals surface area (Å²) in [5, 5.41) is 11.4. The number of carbonyl (C=O) groups excluding carboxylic acids is 1. The van der Waals surface area contributed by atoms with Crippen molar-refractivity contribution in [3.05, 3.63) is 68.7 Å². The average Bonchev–Trinajstić information content (AvgIpc) is 2.46. The van der Waals surface area contributed by atoms with Crippen LogP contribution in [0.15, 0.2) is 47.4 Å². The zero-order valence-corrected chi connectivity index (χ0v) is 12.8. The largest absolute Gasteiger partial charge is 0.295 e. The first-order valence-corrected chi connectivity index (χ1v) is 7.50. The van der Waals surface area contributed by atoms with Crippen LogP contribution in [0, 0.1) is 10.1 Å². The maximum absolute atomic E-state index is 11.2. The highest BCUT2D eigenvalue weighted by molar-refractivity contribution is 7.98. The molecule has 0 saturated heterocycles. The maximum atomic E-state index is 11.2. The van der Waals surface area contributed by atoms with Gasteiger partial charge in [-0.2, -0.15) is 0 Å². The summed E-state index contributed by atoms with van der Waals surface area (Å²) in [6.45, 7) is 1.51. The van der Waals surface area contributed by atoms with E-state index in [2.05, 4.69) is 0 Å². The zero-order chi connectivity index (χ0) is 15.4. The third-order valence-corrected chi connectivity index (χ3v) is 4.20. The van der Waals surface area contributed by atoms with Crippen molar-refractivity contribution in [2.45, 2.75) is 17.6 Å². The molecule has 2 aromatic carbocycles. The lowest BCUT2D eigenvalue weighted by Gasteiger charge is -2.04. The van der Waals surface area contributed by atoms with Crippen molar-refractivity contribution in [1.82, 2.24) is 0 Å². The van der Waals surface area contributed by atoms with Gasteiger partial charge in [-0.25, -0.2) is 0 Å².